The molecule has 0 aliphatic carbocycles. The summed E-state index contributed by atoms with van der Waals surface area (Å²) in [5, 5.41) is 9.79. The Bertz CT molecular complexity index is 1270. The van der Waals surface area contributed by atoms with Crippen molar-refractivity contribution in [3.63, 3.8) is 0 Å². The fourth-order valence-corrected chi connectivity index (χ4v) is 3.41. The first-order valence-corrected chi connectivity index (χ1v) is 9.86. The molecular formula is C25H17ClFN3O. The molecule has 1 heterocycles. The van der Waals surface area contributed by atoms with Gasteiger partial charge in [-0.15, -0.1) is 0 Å². The summed E-state index contributed by atoms with van der Waals surface area (Å²) in [6, 6.07) is 24.9. The standard InChI is InChI=1S/C25H17ClFN3O/c26-25-21(14-28)20(13-23(30-25)17-4-2-1-3-5-17)18-8-11-22(29)24(12-18)31-15-16-6-9-19(27)10-7-16/h1-13H,15,29H2. The number of nitrogens with zero attached hydrogens (tertiary/aromatic N) is 2. The van der Waals surface area contributed by atoms with E-state index in [2.05, 4.69) is 11.1 Å². The number of halogens is 2. The molecule has 4 aromatic rings. The van der Waals surface area contributed by atoms with Crippen LogP contribution in [0.5, 0.6) is 5.75 Å². The number of hydrogen-bond donors (Lipinski definition) is 1. The fraction of sp³-hybridized carbons (Fsp3) is 0.0400. The molecule has 0 unspecified atom stereocenters. The molecule has 2 N–H and O–H groups in total. The molecule has 0 amide bonds. The van der Waals surface area contributed by atoms with Crippen LogP contribution < -0.4 is 10.5 Å². The maximum atomic E-state index is 13.1. The molecule has 0 radical (unpaired) electrons. The highest BCUT2D eigenvalue weighted by atomic mass is 35.5. The lowest BCUT2D eigenvalue weighted by Crippen LogP contribution is -2.00. The van der Waals surface area contributed by atoms with Crippen LogP contribution in [0.1, 0.15) is 11.1 Å². The zero-order chi connectivity index (χ0) is 21.8. The lowest BCUT2D eigenvalue weighted by Gasteiger charge is -2.13. The molecule has 0 aliphatic heterocycles. The highest BCUT2D eigenvalue weighted by Gasteiger charge is 2.15. The van der Waals surface area contributed by atoms with Crippen molar-refractivity contribution in [3.8, 4) is 34.2 Å². The minimum atomic E-state index is -0.307. The van der Waals surface area contributed by atoms with Crippen molar-refractivity contribution in [2.75, 3.05) is 5.73 Å². The second-order valence-corrected chi connectivity index (χ2v) is 7.22. The molecule has 0 bridgehead atoms. The van der Waals surface area contributed by atoms with Gasteiger partial charge in [0.1, 0.15) is 29.4 Å². The molecule has 0 aliphatic rings. The van der Waals surface area contributed by atoms with Crippen molar-refractivity contribution in [3.05, 3.63) is 101 Å². The van der Waals surface area contributed by atoms with Crippen molar-refractivity contribution in [1.29, 1.82) is 5.26 Å². The normalized spacial score (nSPS) is 10.5. The summed E-state index contributed by atoms with van der Waals surface area (Å²) in [6.45, 7) is 0.228. The maximum absolute atomic E-state index is 13.1. The summed E-state index contributed by atoms with van der Waals surface area (Å²) in [6.07, 6.45) is 0. The van der Waals surface area contributed by atoms with Gasteiger partial charge in [-0.1, -0.05) is 60.1 Å². The van der Waals surface area contributed by atoms with Gasteiger partial charge in [0.05, 0.1) is 16.9 Å². The zero-order valence-corrected chi connectivity index (χ0v) is 17.1. The van der Waals surface area contributed by atoms with Crippen molar-refractivity contribution in [1.82, 2.24) is 4.98 Å². The Morgan fingerprint density at radius 2 is 1.71 bits per heavy atom. The largest absolute Gasteiger partial charge is 0.487 e. The third-order valence-corrected chi connectivity index (χ3v) is 5.06. The molecule has 0 saturated heterocycles. The Balaban J connectivity index is 1.72. The monoisotopic (exact) mass is 429 g/mol. The van der Waals surface area contributed by atoms with Gasteiger partial charge in [0.2, 0.25) is 0 Å². The van der Waals surface area contributed by atoms with Gasteiger partial charge < -0.3 is 10.5 Å². The minimum Gasteiger partial charge on any atom is -0.487 e. The van der Waals surface area contributed by atoms with E-state index in [0.29, 0.717) is 22.7 Å². The van der Waals surface area contributed by atoms with Gasteiger partial charge in [-0.05, 0) is 41.5 Å². The summed E-state index contributed by atoms with van der Waals surface area (Å²) in [4.78, 5) is 4.38. The van der Waals surface area contributed by atoms with Gasteiger partial charge in [0.15, 0.2) is 0 Å². The molecule has 4 rings (SSSR count). The Hall–Kier alpha value is -3.88. The summed E-state index contributed by atoms with van der Waals surface area (Å²) in [7, 11) is 0. The van der Waals surface area contributed by atoms with Gasteiger partial charge in [-0.3, -0.25) is 0 Å². The molecule has 0 atom stereocenters. The SMILES string of the molecule is N#Cc1c(-c2ccc(N)c(OCc3ccc(F)cc3)c2)cc(-c2ccccc2)nc1Cl. The second kappa shape index (κ2) is 8.86. The van der Waals surface area contributed by atoms with E-state index < -0.39 is 0 Å². The van der Waals surface area contributed by atoms with E-state index in [9.17, 15) is 9.65 Å². The Morgan fingerprint density at radius 1 is 0.968 bits per heavy atom. The van der Waals surface area contributed by atoms with Gasteiger partial charge in [-0.25, -0.2) is 9.37 Å². The number of nitriles is 1. The highest BCUT2D eigenvalue weighted by Crippen LogP contribution is 2.35. The summed E-state index contributed by atoms with van der Waals surface area (Å²) in [5.74, 6) is 0.151. The van der Waals surface area contributed by atoms with E-state index in [1.54, 1.807) is 30.3 Å². The average Bonchev–Trinajstić information content (AvgIpc) is 2.79. The number of hydrogen-bond acceptors (Lipinski definition) is 4. The number of anilines is 1. The topological polar surface area (TPSA) is 71.9 Å². The third kappa shape index (κ3) is 4.50. The van der Waals surface area contributed by atoms with E-state index in [0.717, 1.165) is 16.7 Å². The van der Waals surface area contributed by atoms with E-state index in [-0.39, 0.29) is 23.1 Å². The lowest BCUT2D eigenvalue weighted by molar-refractivity contribution is 0.308. The number of ether oxygens (including phenoxy) is 1. The molecule has 3 aromatic carbocycles. The van der Waals surface area contributed by atoms with Crippen molar-refractivity contribution in [2.45, 2.75) is 6.61 Å². The number of benzene rings is 3. The van der Waals surface area contributed by atoms with Gasteiger partial charge in [0, 0.05) is 11.1 Å². The van der Waals surface area contributed by atoms with Crippen LogP contribution in [-0.2, 0) is 6.61 Å². The number of nitrogens with two attached hydrogens (primary N) is 1. The lowest BCUT2D eigenvalue weighted by atomic mass is 9.98. The van der Waals surface area contributed by atoms with Crippen LogP contribution in [0.2, 0.25) is 5.15 Å². The fourth-order valence-electron chi connectivity index (χ4n) is 3.17. The number of nitrogen functional groups attached to an aromatic ring is 1. The van der Waals surface area contributed by atoms with Gasteiger partial charge in [-0.2, -0.15) is 5.26 Å². The first kappa shape index (κ1) is 20.4. The van der Waals surface area contributed by atoms with Crippen molar-refractivity contribution in [2.24, 2.45) is 0 Å². The summed E-state index contributed by atoms with van der Waals surface area (Å²) >= 11 is 6.34. The molecule has 31 heavy (non-hydrogen) atoms. The van der Waals surface area contributed by atoms with Crippen LogP contribution in [-0.4, -0.2) is 4.98 Å². The Labute approximate surface area is 184 Å². The summed E-state index contributed by atoms with van der Waals surface area (Å²) in [5.41, 5.74) is 10.5. The van der Waals surface area contributed by atoms with E-state index in [1.165, 1.54) is 12.1 Å². The van der Waals surface area contributed by atoms with Crippen molar-refractivity contribution < 1.29 is 9.13 Å². The number of aromatic nitrogens is 1. The first-order chi connectivity index (χ1) is 15.0. The molecule has 1 aromatic heterocycles. The molecule has 6 heteroatoms. The molecule has 4 nitrogen and oxygen atoms in total. The van der Waals surface area contributed by atoms with Crippen molar-refractivity contribution >= 4 is 17.3 Å². The van der Waals surface area contributed by atoms with E-state index >= 15 is 0 Å². The van der Waals surface area contributed by atoms with E-state index in [4.69, 9.17) is 22.1 Å². The van der Waals surface area contributed by atoms with Crippen LogP contribution in [0, 0.1) is 17.1 Å². The van der Waals surface area contributed by atoms with Gasteiger partial charge in [0.25, 0.3) is 0 Å². The minimum absolute atomic E-state index is 0.129. The summed E-state index contributed by atoms with van der Waals surface area (Å²) < 4.78 is 19.0. The van der Waals surface area contributed by atoms with Gasteiger partial charge >= 0.3 is 0 Å². The van der Waals surface area contributed by atoms with Crippen LogP contribution in [0.25, 0.3) is 22.4 Å². The number of rotatable bonds is 5. The Morgan fingerprint density at radius 3 is 2.42 bits per heavy atom. The molecule has 0 fully saturated rings. The number of pyridine rings is 1. The predicted molar refractivity (Wildman–Crippen MR) is 120 cm³/mol. The quantitative estimate of drug-likeness (QED) is 0.301. The molecular weight excluding hydrogens is 413 g/mol. The highest BCUT2D eigenvalue weighted by molar-refractivity contribution is 6.31. The molecule has 0 saturated carbocycles. The smallest absolute Gasteiger partial charge is 0.148 e. The van der Waals surface area contributed by atoms with Crippen LogP contribution in [0.3, 0.4) is 0 Å². The van der Waals surface area contributed by atoms with Crippen LogP contribution >= 0.6 is 11.6 Å². The molecule has 152 valence electrons. The average molecular weight is 430 g/mol. The van der Waals surface area contributed by atoms with Crippen LogP contribution in [0.15, 0.2) is 78.9 Å². The van der Waals surface area contributed by atoms with E-state index in [1.807, 2.05) is 36.4 Å². The first-order valence-electron chi connectivity index (χ1n) is 9.48. The second-order valence-electron chi connectivity index (χ2n) is 6.87. The maximum Gasteiger partial charge on any atom is 0.148 e. The predicted octanol–water partition coefficient (Wildman–Crippen LogP) is 6.24. The Kier molecular flexibility index (Phi) is 5.83. The zero-order valence-electron chi connectivity index (χ0n) is 16.3. The van der Waals surface area contributed by atoms with Crippen LogP contribution in [0.4, 0.5) is 10.1 Å². The third-order valence-electron chi connectivity index (χ3n) is 4.79. The molecule has 0 spiro atoms.